The number of hydrogen-bond acceptors (Lipinski definition) is 3. The zero-order chi connectivity index (χ0) is 15.1. The number of hydrogen-bond donors (Lipinski definition) is 1. The van der Waals surface area contributed by atoms with E-state index in [0.29, 0.717) is 11.3 Å². The molecule has 2 aromatic rings. The molecular weight excluding hydrogens is 271 g/mol. The van der Waals surface area contributed by atoms with Crippen LogP contribution in [0, 0.1) is 12.7 Å². The molecule has 21 heavy (non-hydrogen) atoms. The molecule has 2 aromatic carbocycles. The highest BCUT2D eigenvalue weighted by atomic mass is 19.1. The van der Waals surface area contributed by atoms with Crippen molar-refractivity contribution in [1.82, 2.24) is 5.43 Å². The fourth-order valence-electron chi connectivity index (χ4n) is 1.65. The molecule has 0 aliphatic carbocycles. The molecule has 0 aliphatic heterocycles. The second kappa shape index (κ2) is 7.19. The van der Waals surface area contributed by atoms with Gasteiger partial charge in [0.25, 0.3) is 5.91 Å². The number of benzene rings is 2. The lowest BCUT2D eigenvalue weighted by Crippen LogP contribution is -2.24. The molecule has 0 saturated heterocycles. The van der Waals surface area contributed by atoms with Gasteiger partial charge in [-0.3, -0.25) is 4.79 Å². The highest BCUT2D eigenvalue weighted by Gasteiger charge is 2.03. The van der Waals surface area contributed by atoms with Crippen molar-refractivity contribution in [1.29, 1.82) is 0 Å². The van der Waals surface area contributed by atoms with E-state index in [0.717, 1.165) is 5.56 Å². The molecular formula is C16H15FN2O2. The first-order chi connectivity index (χ1) is 10.2. The van der Waals surface area contributed by atoms with Gasteiger partial charge in [0.1, 0.15) is 11.6 Å². The van der Waals surface area contributed by atoms with Crippen LogP contribution in [0.15, 0.2) is 53.6 Å². The fraction of sp³-hybridized carbons (Fsp3) is 0.125. The number of carbonyl (C=O) groups excluding carboxylic acids is 1. The van der Waals surface area contributed by atoms with Crippen LogP contribution in [0.1, 0.15) is 11.1 Å². The van der Waals surface area contributed by atoms with Gasteiger partial charge in [0, 0.05) is 5.56 Å². The van der Waals surface area contributed by atoms with Gasteiger partial charge in [0.2, 0.25) is 0 Å². The van der Waals surface area contributed by atoms with Crippen molar-refractivity contribution in [3.63, 3.8) is 0 Å². The van der Waals surface area contributed by atoms with Crippen LogP contribution >= 0.6 is 0 Å². The Hall–Kier alpha value is -2.69. The van der Waals surface area contributed by atoms with Crippen LogP contribution in [0.3, 0.4) is 0 Å². The highest BCUT2D eigenvalue weighted by Crippen LogP contribution is 2.15. The summed E-state index contributed by atoms with van der Waals surface area (Å²) in [5.74, 6) is -0.164. The zero-order valence-electron chi connectivity index (χ0n) is 11.5. The number of aryl methyl sites for hydroxylation is 1. The second-order valence-electron chi connectivity index (χ2n) is 4.37. The standard InChI is InChI=1S/C16H15FN2O2/c1-12-6-2-5-9-15(12)21-11-16(20)19-18-10-13-7-3-4-8-14(13)17/h2-10H,11H2,1H3,(H,19,20)/b18-10+. The molecule has 1 N–H and O–H groups in total. The molecule has 4 nitrogen and oxygen atoms in total. The molecule has 0 spiro atoms. The average molecular weight is 286 g/mol. The van der Waals surface area contributed by atoms with E-state index in [9.17, 15) is 9.18 Å². The van der Waals surface area contributed by atoms with Crippen molar-refractivity contribution >= 4 is 12.1 Å². The largest absolute Gasteiger partial charge is 0.483 e. The summed E-state index contributed by atoms with van der Waals surface area (Å²) in [4.78, 5) is 11.6. The third-order valence-electron chi connectivity index (χ3n) is 2.75. The maximum Gasteiger partial charge on any atom is 0.277 e. The zero-order valence-corrected chi connectivity index (χ0v) is 11.5. The Morgan fingerprint density at radius 3 is 2.71 bits per heavy atom. The van der Waals surface area contributed by atoms with Crippen LogP contribution in [0.25, 0.3) is 0 Å². The minimum atomic E-state index is -0.411. The van der Waals surface area contributed by atoms with Crippen molar-refractivity contribution in [2.75, 3.05) is 6.61 Å². The Morgan fingerprint density at radius 2 is 1.95 bits per heavy atom. The SMILES string of the molecule is Cc1ccccc1OCC(=O)N/N=C/c1ccccc1F. The van der Waals surface area contributed by atoms with Crippen molar-refractivity contribution in [2.45, 2.75) is 6.92 Å². The van der Waals surface area contributed by atoms with Gasteiger partial charge in [-0.05, 0) is 24.6 Å². The molecule has 2 rings (SSSR count). The highest BCUT2D eigenvalue weighted by molar-refractivity contribution is 5.83. The first kappa shape index (κ1) is 14.7. The van der Waals surface area contributed by atoms with Crippen molar-refractivity contribution in [2.24, 2.45) is 5.10 Å². The second-order valence-corrected chi connectivity index (χ2v) is 4.37. The number of amides is 1. The third kappa shape index (κ3) is 4.42. The molecule has 0 aromatic heterocycles. The monoisotopic (exact) mass is 286 g/mol. The smallest absolute Gasteiger partial charge is 0.277 e. The molecule has 0 bridgehead atoms. The summed E-state index contributed by atoms with van der Waals surface area (Å²) in [5.41, 5.74) is 3.53. The van der Waals surface area contributed by atoms with E-state index in [4.69, 9.17) is 4.74 Å². The van der Waals surface area contributed by atoms with Crippen molar-refractivity contribution in [3.8, 4) is 5.75 Å². The molecule has 108 valence electrons. The van der Waals surface area contributed by atoms with E-state index in [-0.39, 0.29) is 6.61 Å². The molecule has 5 heteroatoms. The van der Waals surface area contributed by atoms with Gasteiger partial charge < -0.3 is 4.74 Å². The molecule has 0 radical (unpaired) electrons. The Kier molecular flexibility index (Phi) is 5.04. The Labute approximate surface area is 122 Å². The lowest BCUT2D eigenvalue weighted by atomic mass is 10.2. The topological polar surface area (TPSA) is 50.7 Å². The maximum absolute atomic E-state index is 13.3. The summed E-state index contributed by atoms with van der Waals surface area (Å²) in [6, 6.07) is 13.6. The lowest BCUT2D eigenvalue weighted by molar-refractivity contribution is -0.123. The maximum atomic E-state index is 13.3. The quantitative estimate of drug-likeness (QED) is 0.678. The van der Waals surface area contributed by atoms with Gasteiger partial charge in [-0.2, -0.15) is 5.10 Å². The molecule has 0 fully saturated rings. The first-order valence-corrected chi connectivity index (χ1v) is 6.41. The molecule has 0 unspecified atom stereocenters. The van der Waals surface area contributed by atoms with Gasteiger partial charge in [-0.1, -0.05) is 36.4 Å². The van der Waals surface area contributed by atoms with Crippen LogP contribution < -0.4 is 10.2 Å². The Morgan fingerprint density at radius 1 is 1.24 bits per heavy atom. The van der Waals surface area contributed by atoms with Crippen LogP contribution in [0.2, 0.25) is 0 Å². The van der Waals surface area contributed by atoms with Gasteiger partial charge >= 0.3 is 0 Å². The van der Waals surface area contributed by atoms with Gasteiger partial charge in [0.05, 0.1) is 6.21 Å². The van der Waals surface area contributed by atoms with Gasteiger partial charge in [-0.15, -0.1) is 0 Å². The van der Waals surface area contributed by atoms with E-state index >= 15 is 0 Å². The van der Waals surface area contributed by atoms with Crippen LogP contribution in [0.4, 0.5) is 4.39 Å². The normalized spacial score (nSPS) is 10.6. The van der Waals surface area contributed by atoms with Crippen LogP contribution in [-0.4, -0.2) is 18.7 Å². The molecule has 0 saturated carbocycles. The van der Waals surface area contributed by atoms with Crippen molar-refractivity contribution < 1.29 is 13.9 Å². The van der Waals surface area contributed by atoms with Gasteiger partial charge in [-0.25, -0.2) is 9.82 Å². The summed E-state index contributed by atoms with van der Waals surface area (Å²) in [6.07, 6.45) is 1.25. The summed E-state index contributed by atoms with van der Waals surface area (Å²) >= 11 is 0. The summed E-state index contributed by atoms with van der Waals surface area (Å²) in [7, 11) is 0. The predicted molar refractivity (Wildman–Crippen MR) is 78.8 cm³/mol. The molecule has 0 aliphatic rings. The third-order valence-corrected chi connectivity index (χ3v) is 2.75. The van der Waals surface area contributed by atoms with E-state index in [2.05, 4.69) is 10.5 Å². The van der Waals surface area contributed by atoms with E-state index in [1.807, 2.05) is 25.1 Å². The summed E-state index contributed by atoms with van der Waals surface area (Å²) in [6.45, 7) is 1.74. The number of para-hydroxylation sites is 1. The van der Waals surface area contributed by atoms with E-state index in [1.54, 1.807) is 24.3 Å². The Bertz CT molecular complexity index is 656. The first-order valence-electron chi connectivity index (χ1n) is 6.41. The van der Waals surface area contributed by atoms with Crippen LogP contribution in [0.5, 0.6) is 5.75 Å². The number of hydrazone groups is 1. The number of rotatable bonds is 5. The van der Waals surface area contributed by atoms with E-state index in [1.165, 1.54) is 12.3 Å². The Balaban J connectivity index is 1.83. The van der Waals surface area contributed by atoms with Crippen molar-refractivity contribution in [3.05, 3.63) is 65.5 Å². The number of ether oxygens (including phenoxy) is 1. The number of carbonyl (C=O) groups is 1. The van der Waals surface area contributed by atoms with Gasteiger partial charge in [0.15, 0.2) is 6.61 Å². The summed E-state index contributed by atoms with van der Waals surface area (Å²) in [5, 5.41) is 3.69. The number of halogens is 1. The lowest BCUT2D eigenvalue weighted by Gasteiger charge is -2.07. The number of nitrogens with one attached hydrogen (secondary N) is 1. The number of nitrogens with zero attached hydrogens (tertiary/aromatic N) is 1. The fourth-order valence-corrected chi connectivity index (χ4v) is 1.65. The minimum Gasteiger partial charge on any atom is -0.483 e. The average Bonchev–Trinajstić information content (AvgIpc) is 2.48. The van der Waals surface area contributed by atoms with E-state index < -0.39 is 11.7 Å². The minimum absolute atomic E-state index is 0.153. The molecule has 0 heterocycles. The van der Waals surface area contributed by atoms with Crippen LogP contribution in [-0.2, 0) is 4.79 Å². The predicted octanol–water partition coefficient (Wildman–Crippen LogP) is 2.66. The molecule has 0 atom stereocenters. The molecule has 1 amide bonds. The summed E-state index contributed by atoms with van der Waals surface area (Å²) < 4.78 is 18.7.